The Balaban J connectivity index is 1.75. The number of anilines is 2. The molecule has 0 spiro atoms. The maximum atomic E-state index is 11.9. The van der Waals surface area contributed by atoms with Crippen molar-refractivity contribution in [1.82, 2.24) is 0 Å². The fraction of sp³-hybridized carbons (Fsp3) is 0.167. The zero-order valence-electron chi connectivity index (χ0n) is 13.9. The monoisotopic (exact) mass is 392 g/mol. The lowest BCUT2D eigenvalue weighted by atomic mass is 10.2. The number of aryl methyl sites for hydroxylation is 1. The quantitative estimate of drug-likeness (QED) is 0.668. The lowest BCUT2D eigenvalue weighted by molar-refractivity contribution is -0.114. The molecule has 0 fully saturated rings. The summed E-state index contributed by atoms with van der Waals surface area (Å²) in [7, 11) is 0. The number of halogens is 1. The number of aromatic carboxylic acids is 1. The highest BCUT2D eigenvalue weighted by molar-refractivity contribution is 8.00. The van der Waals surface area contributed by atoms with Crippen molar-refractivity contribution in [3.8, 4) is 0 Å². The van der Waals surface area contributed by atoms with Gasteiger partial charge in [-0.2, -0.15) is 0 Å². The molecule has 3 N–H and O–H groups in total. The van der Waals surface area contributed by atoms with Gasteiger partial charge >= 0.3 is 5.97 Å². The van der Waals surface area contributed by atoms with Crippen molar-refractivity contribution in [2.24, 2.45) is 0 Å². The molecule has 0 heterocycles. The van der Waals surface area contributed by atoms with Crippen LogP contribution in [-0.2, 0) is 9.59 Å². The van der Waals surface area contributed by atoms with E-state index in [2.05, 4.69) is 10.6 Å². The first-order chi connectivity index (χ1) is 12.3. The number of carbonyl (C=O) groups excluding carboxylic acids is 2. The number of nitrogens with one attached hydrogen (secondary N) is 2. The Morgan fingerprint density at radius 1 is 1.00 bits per heavy atom. The summed E-state index contributed by atoms with van der Waals surface area (Å²) >= 11 is 7.05. The molecule has 0 bridgehead atoms. The molecule has 6 nitrogen and oxygen atoms in total. The van der Waals surface area contributed by atoms with E-state index < -0.39 is 5.97 Å². The molecule has 0 saturated carbocycles. The zero-order chi connectivity index (χ0) is 19.1. The first-order valence-electron chi connectivity index (χ1n) is 7.62. The third kappa shape index (κ3) is 6.09. The summed E-state index contributed by atoms with van der Waals surface area (Å²) in [5, 5.41) is 14.8. The van der Waals surface area contributed by atoms with Crippen LogP contribution >= 0.6 is 23.4 Å². The van der Waals surface area contributed by atoms with Crippen molar-refractivity contribution >= 4 is 52.5 Å². The van der Waals surface area contributed by atoms with Crippen LogP contribution in [0, 0.1) is 6.92 Å². The van der Waals surface area contributed by atoms with Gasteiger partial charge in [0.05, 0.1) is 17.1 Å². The van der Waals surface area contributed by atoms with E-state index in [1.54, 1.807) is 18.2 Å². The molecule has 0 aromatic heterocycles. The third-order valence-electron chi connectivity index (χ3n) is 3.34. The van der Waals surface area contributed by atoms with Crippen LogP contribution < -0.4 is 10.6 Å². The second-order valence-corrected chi connectivity index (χ2v) is 6.85. The van der Waals surface area contributed by atoms with Crippen LogP contribution in [0.5, 0.6) is 0 Å². The lowest BCUT2D eigenvalue weighted by Gasteiger charge is -2.09. The standard InChI is InChI=1S/C18H17ClN2O4S/c1-11-8-13(19)4-7-15(11)21-17(23)10-26-9-16(22)20-14-5-2-12(3-6-14)18(24)25/h2-8H,9-10H2,1H3,(H,20,22)(H,21,23)(H,24,25). The van der Waals surface area contributed by atoms with Crippen molar-refractivity contribution in [3.63, 3.8) is 0 Å². The lowest BCUT2D eigenvalue weighted by Crippen LogP contribution is -2.18. The average molecular weight is 393 g/mol. The van der Waals surface area contributed by atoms with Crippen LogP contribution in [0.15, 0.2) is 42.5 Å². The molecule has 0 unspecified atom stereocenters. The number of benzene rings is 2. The van der Waals surface area contributed by atoms with Gasteiger partial charge in [0.2, 0.25) is 11.8 Å². The van der Waals surface area contributed by atoms with Crippen LogP contribution in [0.2, 0.25) is 5.02 Å². The molecule has 0 radical (unpaired) electrons. The van der Waals surface area contributed by atoms with Gasteiger partial charge in [0.1, 0.15) is 0 Å². The second kappa shape index (κ2) is 9.26. The summed E-state index contributed by atoms with van der Waals surface area (Å²) in [4.78, 5) is 34.6. The summed E-state index contributed by atoms with van der Waals surface area (Å²) in [6.45, 7) is 1.84. The van der Waals surface area contributed by atoms with Gasteiger partial charge in [-0.25, -0.2) is 4.79 Å². The van der Waals surface area contributed by atoms with E-state index in [1.165, 1.54) is 36.0 Å². The summed E-state index contributed by atoms with van der Waals surface area (Å²) in [6.07, 6.45) is 0. The van der Waals surface area contributed by atoms with Crippen molar-refractivity contribution in [2.75, 3.05) is 22.1 Å². The van der Waals surface area contributed by atoms with E-state index in [4.69, 9.17) is 16.7 Å². The number of carboxylic acid groups (broad SMARTS) is 1. The van der Waals surface area contributed by atoms with E-state index in [1.807, 2.05) is 6.92 Å². The van der Waals surface area contributed by atoms with E-state index in [9.17, 15) is 14.4 Å². The summed E-state index contributed by atoms with van der Waals surface area (Å²) < 4.78 is 0. The molecule has 0 atom stereocenters. The van der Waals surface area contributed by atoms with Crippen molar-refractivity contribution in [1.29, 1.82) is 0 Å². The number of carboxylic acids is 1. The normalized spacial score (nSPS) is 10.2. The maximum Gasteiger partial charge on any atom is 0.335 e. The fourth-order valence-electron chi connectivity index (χ4n) is 2.08. The third-order valence-corrected chi connectivity index (χ3v) is 4.51. The van der Waals surface area contributed by atoms with Crippen molar-refractivity contribution < 1.29 is 19.5 Å². The number of hydrogen-bond donors (Lipinski definition) is 3. The number of hydrogen-bond acceptors (Lipinski definition) is 4. The Morgan fingerprint density at radius 2 is 1.62 bits per heavy atom. The number of amides is 2. The molecule has 0 aliphatic rings. The molecule has 8 heteroatoms. The Bertz CT molecular complexity index is 824. The van der Waals surface area contributed by atoms with Gasteiger partial charge in [0, 0.05) is 16.4 Å². The van der Waals surface area contributed by atoms with E-state index in [0.29, 0.717) is 16.4 Å². The molecule has 136 valence electrons. The van der Waals surface area contributed by atoms with Gasteiger partial charge in [-0.15, -0.1) is 11.8 Å². The summed E-state index contributed by atoms with van der Waals surface area (Å²) in [5.74, 6) is -1.27. The minimum atomic E-state index is -1.03. The summed E-state index contributed by atoms with van der Waals surface area (Å²) in [6, 6.07) is 11.0. The highest BCUT2D eigenvalue weighted by atomic mass is 35.5. The Labute approximate surface area is 159 Å². The average Bonchev–Trinajstić information content (AvgIpc) is 2.58. The van der Waals surface area contributed by atoms with Crippen LogP contribution in [0.25, 0.3) is 0 Å². The van der Waals surface area contributed by atoms with Gasteiger partial charge in [0.15, 0.2) is 0 Å². The smallest absolute Gasteiger partial charge is 0.335 e. The molecule has 0 aliphatic heterocycles. The van der Waals surface area contributed by atoms with E-state index >= 15 is 0 Å². The second-order valence-electron chi connectivity index (χ2n) is 5.43. The van der Waals surface area contributed by atoms with Crippen LogP contribution in [0.4, 0.5) is 11.4 Å². The number of carbonyl (C=O) groups is 3. The Hall–Kier alpha value is -2.51. The number of rotatable bonds is 7. The molecule has 0 aliphatic carbocycles. The number of thioether (sulfide) groups is 1. The van der Waals surface area contributed by atoms with Crippen LogP contribution in [-0.4, -0.2) is 34.4 Å². The largest absolute Gasteiger partial charge is 0.478 e. The van der Waals surface area contributed by atoms with E-state index in [0.717, 1.165) is 5.56 Å². The molecular formula is C18H17ClN2O4S. The van der Waals surface area contributed by atoms with Gasteiger partial charge in [-0.05, 0) is 55.0 Å². The van der Waals surface area contributed by atoms with Crippen LogP contribution in [0.3, 0.4) is 0 Å². The van der Waals surface area contributed by atoms with Gasteiger partial charge in [0.25, 0.3) is 0 Å². The molecule has 0 saturated heterocycles. The molecule has 2 aromatic rings. The van der Waals surface area contributed by atoms with E-state index in [-0.39, 0.29) is 28.9 Å². The fourth-order valence-corrected chi connectivity index (χ4v) is 2.93. The maximum absolute atomic E-state index is 11.9. The molecule has 2 amide bonds. The minimum Gasteiger partial charge on any atom is -0.478 e. The first kappa shape index (κ1) is 19.8. The van der Waals surface area contributed by atoms with Crippen molar-refractivity contribution in [3.05, 3.63) is 58.6 Å². The SMILES string of the molecule is Cc1cc(Cl)ccc1NC(=O)CSCC(=O)Nc1ccc(C(=O)O)cc1. The van der Waals surface area contributed by atoms with Crippen LogP contribution in [0.1, 0.15) is 15.9 Å². The van der Waals surface area contributed by atoms with Gasteiger partial charge < -0.3 is 15.7 Å². The topological polar surface area (TPSA) is 95.5 Å². The first-order valence-corrected chi connectivity index (χ1v) is 9.15. The molecule has 26 heavy (non-hydrogen) atoms. The molecular weight excluding hydrogens is 376 g/mol. The highest BCUT2D eigenvalue weighted by Gasteiger charge is 2.09. The Morgan fingerprint density at radius 3 is 2.19 bits per heavy atom. The predicted octanol–water partition coefficient (Wildman–Crippen LogP) is 3.66. The highest BCUT2D eigenvalue weighted by Crippen LogP contribution is 2.19. The zero-order valence-corrected chi connectivity index (χ0v) is 15.5. The predicted molar refractivity (Wildman–Crippen MR) is 104 cm³/mol. The minimum absolute atomic E-state index is 0.105. The Kier molecular flexibility index (Phi) is 7.06. The molecule has 2 aromatic carbocycles. The van der Waals surface area contributed by atoms with Gasteiger partial charge in [-0.1, -0.05) is 11.6 Å². The molecule has 2 rings (SSSR count). The van der Waals surface area contributed by atoms with Crippen molar-refractivity contribution in [2.45, 2.75) is 6.92 Å². The van der Waals surface area contributed by atoms with Gasteiger partial charge in [-0.3, -0.25) is 9.59 Å². The summed E-state index contributed by atoms with van der Waals surface area (Å²) in [5.41, 5.74) is 2.19.